The summed E-state index contributed by atoms with van der Waals surface area (Å²) < 4.78 is 7.12. The van der Waals surface area contributed by atoms with E-state index >= 15 is 0 Å². The number of anilines is 1. The number of benzene rings is 4. The van der Waals surface area contributed by atoms with Crippen molar-refractivity contribution in [3.8, 4) is 11.4 Å². The van der Waals surface area contributed by atoms with Crippen LogP contribution in [0.15, 0.2) is 101 Å². The van der Waals surface area contributed by atoms with Crippen LogP contribution in [0, 0.1) is 20.8 Å². The molecule has 5 aromatic rings. The number of nitrogens with zero attached hydrogens (tertiary/aromatic N) is 2. The van der Waals surface area contributed by atoms with Gasteiger partial charge in [-0.15, -0.1) is 0 Å². The van der Waals surface area contributed by atoms with Crippen molar-refractivity contribution < 1.29 is 9.53 Å². The molecule has 0 aliphatic rings. The lowest BCUT2D eigenvalue weighted by molar-refractivity contribution is -0.115. The van der Waals surface area contributed by atoms with Crippen molar-refractivity contribution in [1.29, 1.82) is 0 Å². The van der Waals surface area contributed by atoms with Gasteiger partial charge in [-0.3, -0.25) is 14.2 Å². The maximum Gasteiger partial charge on any atom is 0.266 e. The van der Waals surface area contributed by atoms with Crippen LogP contribution in [0.5, 0.6) is 5.75 Å². The smallest absolute Gasteiger partial charge is 0.266 e. The molecular formula is C32H29N3O3S. The Bertz CT molecular complexity index is 1730. The monoisotopic (exact) mass is 535 g/mol. The number of hydrogen-bond donors (Lipinski definition) is 1. The van der Waals surface area contributed by atoms with E-state index in [0.717, 1.165) is 27.9 Å². The second-order valence-corrected chi connectivity index (χ2v) is 10.4. The molecule has 0 saturated heterocycles. The van der Waals surface area contributed by atoms with Crippen molar-refractivity contribution >= 4 is 34.3 Å². The van der Waals surface area contributed by atoms with E-state index in [0.29, 0.717) is 27.5 Å². The minimum atomic E-state index is -0.694. The Balaban J connectivity index is 1.66. The maximum atomic E-state index is 13.9. The highest BCUT2D eigenvalue weighted by molar-refractivity contribution is 8.00. The molecule has 0 fully saturated rings. The standard InChI is InChI=1S/C32H29N3O3S/c1-20-17-18-28(38-4)26(19-20)33-30(36)29(23-12-6-5-7-13-23)39-32-34-25-15-9-8-14-24(25)31(37)35(32)27-16-10-11-21(2)22(27)3/h5-19,29H,1-4H3,(H,33,36). The summed E-state index contributed by atoms with van der Waals surface area (Å²) in [6, 6.07) is 28.3. The predicted molar refractivity (Wildman–Crippen MR) is 158 cm³/mol. The van der Waals surface area contributed by atoms with Crippen LogP contribution in [0.1, 0.15) is 27.5 Å². The minimum absolute atomic E-state index is 0.177. The lowest BCUT2D eigenvalue weighted by Crippen LogP contribution is -2.25. The first-order valence-corrected chi connectivity index (χ1v) is 13.5. The molecule has 1 aromatic heterocycles. The second-order valence-electron chi connectivity index (χ2n) is 9.37. The summed E-state index contributed by atoms with van der Waals surface area (Å²) in [5.41, 5.74) is 5.56. The van der Waals surface area contributed by atoms with E-state index in [2.05, 4.69) is 5.32 Å². The van der Waals surface area contributed by atoms with Crippen molar-refractivity contribution in [3.05, 3.63) is 124 Å². The molecule has 0 spiro atoms. The fourth-order valence-corrected chi connectivity index (χ4v) is 5.61. The normalized spacial score (nSPS) is 11.8. The van der Waals surface area contributed by atoms with Gasteiger partial charge >= 0.3 is 0 Å². The van der Waals surface area contributed by atoms with Gasteiger partial charge in [-0.1, -0.05) is 72.4 Å². The number of aromatic nitrogens is 2. The molecule has 0 aliphatic carbocycles. The number of rotatable bonds is 7. The van der Waals surface area contributed by atoms with Crippen LogP contribution in [0.25, 0.3) is 16.6 Å². The molecule has 39 heavy (non-hydrogen) atoms. The molecule has 196 valence electrons. The number of methoxy groups -OCH3 is 1. The Hall–Kier alpha value is -4.36. The largest absolute Gasteiger partial charge is 0.495 e. The molecule has 1 heterocycles. The van der Waals surface area contributed by atoms with E-state index < -0.39 is 5.25 Å². The molecule has 1 unspecified atom stereocenters. The third-order valence-corrected chi connectivity index (χ3v) is 7.95. The van der Waals surface area contributed by atoms with E-state index in [1.54, 1.807) is 17.7 Å². The topological polar surface area (TPSA) is 73.2 Å². The molecular weight excluding hydrogens is 506 g/mol. The zero-order chi connectivity index (χ0) is 27.5. The number of ether oxygens (including phenoxy) is 1. The Morgan fingerprint density at radius 1 is 0.923 bits per heavy atom. The van der Waals surface area contributed by atoms with Gasteiger partial charge in [0.15, 0.2) is 5.16 Å². The molecule has 0 radical (unpaired) electrons. The fraction of sp³-hybridized carbons (Fsp3) is 0.156. The van der Waals surface area contributed by atoms with Gasteiger partial charge in [-0.05, 0) is 73.4 Å². The van der Waals surface area contributed by atoms with E-state index in [9.17, 15) is 9.59 Å². The molecule has 0 aliphatic heterocycles. The molecule has 7 heteroatoms. The Morgan fingerprint density at radius 3 is 2.44 bits per heavy atom. The van der Waals surface area contributed by atoms with Gasteiger partial charge in [-0.2, -0.15) is 0 Å². The Labute approximate surface area is 231 Å². The lowest BCUT2D eigenvalue weighted by atomic mass is 10.1. The van der Waals surface area contributed by atoms with Crippen LogP contribution in [0.3, 0.4) is 0 Å². The van der Waals surface area contributed by atoms with Crippen LogP contribution in [0.2, 0.25) is 0 Å². The Kier molecular flexibility index (Phi) is 7.52. The molecule has 1 amide bonds. The molecule has 4 aromatic carbocycles. The quantitative estimate of drug-likeness (QED) is 0.183. The molecule has 6 nitrogen and oxygen atoms in total. The zero-order valence-electron chi connectivity index (χ0n) is 22.3. The Morgan fingerprint density at radius 2 is 1.67 bits per heavy atom. The number of thioether (sulfide) groups is 1. The van der Waals surface area contributed by atoms with E-state index in [1.807, 2.05) is 106 Å². The average molecular weight is 536 g/mol. The molecule has 0 saturated carbocycles. The first-order chi connectivity index (χ1) is 18.9. The summed E-state index contributed by atoms with van der Waals surface area (Å²) >= 11 is 1.25. The SMILES string of the molecule is COc1ccc(C)cc1NC(=O)C(Sc1nc2ccccc2c(=O)n1-c1cccc(C)c1C)c1ccccc1. The highest BCUT2D eigenvalue weighted by Crippen LogP contribution is 2.38. The highest BCUT2D eigenvalue weighted by atomic mass is 32.2. The van der Waals surface area contributed by atoms with Gasteiger partial charge in [0.05, 0.1) is 29.4 Å². The summed E-state index contributed by atoms with van der Waals surface area (Å²) in [7, 11) is 1.58. The number of hydrogen-bond acceptors (Lipinski definition) is 5. The predicted octanol–water partition coefficient (Wildman–Crippen LogP) is 6.79. The van der Waals surface area contributed by atoms with Gasteiger partial charge in [-0.25, -0.2) is 4.98 Å². The van der Waals surface area contributed by atoms with Gasteiger partial charge < -0.3 is 10.1 Å². The number of fused-ring (bicyclic) bond motifs is 1. The minimum Gasteiger partial charge on any atom is -0.495 e. The first kappa shape index (κ1) is 26.3. The maximum absolute atomic E-state index is 13.9. The third-order valence-electron chi connectivity index (χ3n) is 6.74. The summed E-state index contributed by atoms with van der Waals surface area (Å²) in [5.74, 6) is 0.326. The highest BCUT2D eigenvalue weighted by Gasteiger charge is 2.27. The summed E-state index contributed by atoms with van der Waals surface area (Å²) in [4.78, 5) is 32.7. The molecule has 1 N–H and O–H groups in total. The summed E-state index contributed by atoms with van der Waals surface area (Å²) in [6.45, 7) is 5.97. The van der Waals surface area contributed by atoms with Crippen molar-refractivity contribution in [1.82, 2.24) is 9.55 Å². The van der Waals surface area contributed by atoms with Crippen molar-refractivity contribution in [3.63, 3.8) is 0 Å². The lowest BCUT2D eigenvalue weighted by Gasteiger charge is -2.21. The molecule has 1 atom stereocenters. The van der Waals surface area contributed by atoms with E-state index in [1.165, 1.54) is 11.8 Å². The summed E-state index contributed by atoms with van der Waals surface area (Å²) in [5, 5.41) is 3.32. The average Bonchev–Trinajstić information content (AvgIpc) is 2.94. The van der Waals surface area contributed by atoms with Gasteiger partial charge in [0.1, 0.15) is 11.0 Å². The number of carbonyl (C=O) groups excluding carboxylic acids is 1. The van der Waals surface area contributed by atoms with Crippen molar-refractivity contribution in [2.45, 2.75) is 31.2 Å². The van der Waals surface area contributed by atoms with Crippen LogP contribution in [0.4, 0.5) is 5.69 Å². The number of carbonyl (C=O) groups is 1. The fourth-order valence-electron chi connectivity index (χ4n) is 4.51. The van der Waals surface area contributed by atoms with Crippen LogP contribution in [-0.2, 0) is 4.79 Å². The number of aryl methyl sites for hydroxylation is 2. The van der Waals surface area contributed by atoms with Crippen LogP contribution < -0.4 is 15.6 Å². The molecule has 0 bridgehead atoms. The second kappa shape index (κ2) is 11.2. The number of nitrogens with one attached hydrogen (secondary N) is 1. The van der Waals surface area contributed by atoms with Crippen molar-refractivity contribution in [2.75, 3.05) is 12.4 Å². The first-order valence-electron chi connectivity index (χ1n) is 12.6. The third kappa shape index (κ3) is 5.31. The van der Waals surface area contributed by atoms with Gasteiger partial charge in [0.2, 0.25) is 5.91 Å². The van der Waals surface area contributed by atoms with Gasteiger partial charge in [0.25, 0.3) is 5.56 Å². The number of amides is 1. The van der Waals surface area contributed by atoms with Crippen LogP contribution in [-0.4, -0.2) is 22.6 Å². The van der Waals surface area contributed by atoms with Gasteiger partial charge in [0, 0.05) is 0 Å². The van der Waals surface area contributed by atoms with E-state index in [4.69, 9.17) is 9.72 Å². The van der Waals surface area contributed by atoms with E-state index in [-0.39, 0.29) is 11.5 Å². The zero-order valence-corrected chi connectivity index (χ0v) is 23.1. The molecule has 5 rings (SSSR count). The van der Waals surface area contributed by atoms with Crippen LogP contribution >= 0.6 is 11.8 Å². The summed E-state index contributed by atoms with van der Waals surface area (Å²) in [6.07, 6.45) is 0. The number of para-hydroxylation sites is 1. The van der Waals surface area contributed by atoms with Crippen molar-refractivity contribution in [2.24, 2.45) is 0 Å².